The van der Waals surface area contributed by atoms with Gasteiger partial charge >= 0.3 is 0 Å². The molecule has 0 fully saturated rings. The van der Waals surface area contributed by atoms with Crippen molar-refractivity contribution in [3.63, 3.8) is 0 Å². The first-order valence-electron chi connectivity index (χ1n) is 6.45. The Morgan fingerprint density at radius 1 is 1.24 bits per heavy atom. The van der Waals surface area contributed by atoms with Crippen LogP contribution in [0.2, 0.25) is 0 Å². The third-order valence-corrected chi connectivity index (χ3v) is 4.44. The smallest absolute Gasteiger partial charge is 0.237 e. The summed E-state index contributed by atoms with van der Waals surface area (Å²) in [7, 11) is 1.64. The van der Waals surface area contributed by atoms with Crippen molar-refractivity contribution in [2.75, 3.05) is 12.4 Å². The number of rotatable bonds is 5. The van der Waals surface area contributed by atoms with Crippen molar-refractivity contribution in [2.45, 2.75) is 17.1 Å². The second kappa shape index (κ2) is 7.52. The molecule has 0 aliphatic heterocycles. The number of ether oxygens (including phenoxy) is 1. The lowest BCUT2D eigenvalue weighted by Crippen LogP contribution is -2.22. The molecule has 1 N–H and O–H groups in total. The molecule has 0 bridgehead atoms. The minimum absolute atomic E-state index is 0.0195. The van der Waals surface area contributed by atoms with Crippen LogP contribution in [0.25, 0.3) is 0 Å². The monoisotopic (exact) mass is 365 g/mol. The number of carbonyl (C=O) groups is 1. The van der Waals surface area contributed by atoms with Crippen LogP contribution in [0.3, 0.4) is 0 Å². The van der Waals surface area contributed by atoms with E-state index in [0.717, 1.165) is 20.8 Å². The van der Waals surface area contributed by atoms with Gasteiger partial charge in [-0.05, 0) is 49.4 Å². The highest BCUT2D eigenvalue weighted by atomic mass is 79.9. The molecule has 0 radical (unpaired) electrons. The molecule has 5 heteroatoms. The fraction of sp³-hybridized carbons (Fsp3) is 0.188. The Hall–Kier alpha value is -1.46. The van der Waals surface area contributed by atoms with Crippen molar-refractivity contribution in [1.29, 1.82) is 0 Å². The van der Waals surface area contributed by atoms with E-state index in [-0.39, 0.29) is 11.2 Å². The van der Waals surface area contributed by atoms with Gasteiger partial charge in [0.05, 0.1) is 12.4 Å². The average molecular weight is 366 g/mol. The van der Waals surface area contributed by atoms with E-state index in [1.807, 2.05) is 55.5 Å². The summed E-state index contributed by atoms with van der Waals surface area (Å²) in [6, 6.07) is 15.2. The zero-order valence-corrected chi connectivity index (χ0v) is 14.2. The maximum absolute atomic E-state index is 12.2. The highest BCUT2D eigenvalue weighted by molar-refractivity contribution is 9.10. The molecule has 21 heavy (non-hydrogen) atoms. The lowest BCUT2D eigenvalue weighted by Gasteiger charge is -2.12. The summed E-state index contributed by atoms with van der Waals surface area (Å²) in [6.45, 7) is 1.89. The third-order valence-electron chi connectivity index (χ3n) is 2.83. The van der Waals surface area contributed by atoms with Crippen LogP contribution in [0.15, 0.2) is 57.9 Å². The van der Waals surface area contributed by atoms with Crippen LogP contribution in [0, 0.1) is 0 Å². The van der Waals surface area contributed by atoms with E-state index in [1.165, 1.54) is 11.8 Å². The molecular weight excluding hydrogens is 350 g/mol. The number of amides is 1. The lowest BCUT2D eigenvalue weighted by atomic mass is 10.3. The summed E-state index contributed by atoms with van der Waals surface area (Å²) in [6.07, 6.45) is 0. The fourth-order valence-corrected chi connectivity index (χ4v) is 2.99. The fourth-order valence-electron chi connectivity index (χ4n) is 1.72. The van der Waals surface area contributed by atoms with Crippen LogP contribution in [-0.2, 0) is 4.79 Å². The molecule has 3 nitrogen and oxygen atoms in total. The molecular formula is C16H16BrNO2S. The van der Waals surface area contributed by atoms with Crippen LogP contribution in [0.1, 0.15) is 6.92 Å². The van der Waals surface area contributed by atoms with Gasteiger partial charge in [0.25, 0.3) is 0 Å². The topological polar surface area (TPSA) is 38.3 Å². The molecule has 1 amide bonds. The molecule has 1 atom stereocenters. The van der Waals surface area contributed by atoms with Crippen LogP contribution in [0.5, 0.6) is 5.75 Å². The standard InChI is InChI=1S/C16H16BrNO2S/c1-11(21-15-8-6-14(20-2)7-9-15)16(19)18-13-5-3-4-12(17)10-13/h3-11H,1-2H3,(H,18,19)/t11-/m1/s1. The molecule has 2 rings (SSSR count). The number of hydrogen-bond acceptors (Lipinski definition) is 3. The van der Waals surface area contributed by atoms with Crippen molar-refractivity contribution >= 4 is 39.3 Å². The minimum atomic E-state index is -0.183. The SMILES string of the molecule is COc1ccc(S[C@H](C)C(=O)Nc2cccc(Br)c2)cc1. The van der Waals surface area contributed by atoms with Gasteiger partial charge in [-0.2, -0.15) is 0 Å². The minimum Gasteiger partial charge on any atom is -0.497 e. The van der Waals surface area contributed by atoms with Gasteiger partial charge in [-0.25, -0.2) is 0 Å². The second-order valence-electron chi connectivity index (χ2n) is 4.44. The van der Waals surface area contributed by atoms with Crippen molar-refractivity contribution in [2.24, 2.45) is 0 Å². The highest BCUT2D eigenvalue weighted by Gasteiger charge is 2.14. The van der Waals surface area contributed by atoms with Gasteiger partial charge in [0, 0.05) is 15.1 Å². The van der Waals surface area contributed by atoms with Gasteiger partial charge in [0.15, 0.2) is 0 Å². The van der Waals surface area contributed by atoms with Crippen LogP contribution < -0.4 is 10.1 Å². The first kappa shape index (κ1) is 15.9. The number of methoxy groups -OCH3 is 1. The maximum atomic E-state index is 12.2. The molecule has 0 aliphatic carbocycles. The number of anilines is 1. The highest BCUT2D eigenvalue weighted by Crippen LogP contribution is 2.26. The van der Waals surface area contributed by atoms with Crippen LogP contribution >= 0.6 is 27.7 Å². The van der Waals surface area contributed by atoms with E-state index in [9.17, 15) is 4.79 Å². The van der Waals surface area contributed by atoms with E-state index in [1.54, 1.807) is 7.11 Å². The van der Waals surface area contributed by atoms with E-state index < -0.39 is 0 Å². The van der Waals surface area contributed by atoms with Gasteiger partial charge < -0.3 is 10.1 Å². The number of carbonyl (C=O) groups excluding carboxylic acids is 1. The number of thioether (sulfide) groups is 1. The predicted octanol–water partition coefficient (Wildman–Crippen LogP) is 4.58. The number of nitrogens with one attached hydrogen (secondary N) is 1. The van der Waals surface area contributed by atoms with E-state index in [4.69, 9.17) is 4.74 Å². The summed E-state index contributed by atoms with van der Waals surface area (Å²) in [5, 5.41) is 2.73. The summed E-state index contributed by atoms with van der Waals surface area (Å²) in [5.41, 5.74) is 0.788. The Kier molecular flexibility index (Phi) is 5.70. The lowest BCUT2D eigenvalue weighted by molar-refractivity contribution is -0.115. The second-order valence-corrected chi connectivity index (χ2v) is 6.77. The first-order valence-corrected chi connectivity index (χ1v) is 8.13. The molecule has 2 aromatic rings. The molecule has 0 aliphatic rings. The quantitative estimate of drug-likeness (QED) is 0.788. The van der Waals surface area contributed by atoms with Crippen LogP contribution in [-0.4, -0.2) is 18.3 Å². The molecule has 0 saturated heterocycles. The van der Waals surface area contributed by atoms with Crippen molar-refractivity contribution < 1.29 is 9.53 Å². The number of halogens is 1. The summed E-state index contributed by atoms with van der Waals surface area (Å²) in [5.74, 6) is 0.791. The van der Waals surface area contributed by atoms with Crippen molar-refractivity contribution in [3.8, 4) is 5.75 Å². The summed E-state index contributed by atoms with van der Waals surface area (Å²) < 4.78 is 6.06. The van der Waals surface area contributed by atoms with Crippen molar-refractivity contribution in [1.82, 2.24) is 0 Å². The Morgan fingerprint density at radius 3 is 2.57 bits per heavy atom. The van der Waals surface area contributed by atoms with Crippen LogP contribution in [0.4, 0.5) is 5.69 Å². The predicted molar refractivity (Wildman–Crippen MR) is 91.1 cm³/mol. The van der Waals surface area contributed by atoms with E-state index >= 15 is 0 Å². The maximum Gasteiger partial charge on any atom is 0.237 e. The summed E-state index contributed by atoms with van der Waals surface area (Å²) in [4.78, 5) is 13.2. The molecule has 0 unspecified atom stereocenters. The molecule has 0 saturated carbocycles. The Bertz CT molecular complexity index is 616. The Labute approximate surface area is 137 Å². The number of hydrogen-bond donors (Lipinski definition) is 1. The van der Waals surface area contributed by atoms with Gasteiger partial charge in [0.2, 0.25) is 5.91 Å². The Morgan fingerprint density at radius 2 is 1.95 bits per heavy atom. The van der Waals surface area contributed by atoms with Gasteiger partial charge in [-0.15, -0.1) is 11.8 Å². The normalized spacial score (nSPS) is 11.8. The molecule has 0 spiro atoms. The molecule has 110 valence electrons. The zero-order valence-electron chi connectivity index (χ0n) is 11.8. The average Bonchev–Trinajstić information content (AvgIpc) is 2.48. The van der Waals surface area contributed by atoms with Crippen molar-refractivity contribution in [3.05, 3.63) is 53.0 Å². The Balaban J connectivity index is 1.95. The summed E-state index contributed by atoms with van der Waals surface area (Å²) >= 11 is 4.90. The zero-order chi connectivity index (χ0) is 15.2. The largest absolute Gasteiger partial charge is 0.497 e. The number of benzene rings is 2. The van der Waals surface area contributed by atoms with Gasteiger partial charge in [-0.3, -0.25) is 4.79 Å². The van der Waals surface area contributed by atoms with Gasteiger partial charge in [0.1, 0.15) is 5.75 Å². The molecule has 0 heterocycles. The molecule has 2 aromatic carbocycles. The third kappa shape index (κ3) is 4.79. The molecule has 0 aromatic heterocycles. The van der Waals surface area contributed by atoms with E-state index in [0.29, 0.717) is 0 Å². The van der Waals surface area contributed by atoms with Gasteiger partial charge in [-0.1, -0.05) is 22.0 Å². The van der Waals surface area contributed by atoms with E-state index in [2.05, 4.69) is 21.2 Å². The first-order chi connectivity index (χ1) is 10.1.